The lowest BCUT2D eigenvalue weighted by Crippen LogP contribution is -2.59. The Balaban J connectivity index is 2.57. The van der Waals surface area contributed by atoms with Gasteiger partial charge in [-0.05, 0) is 51.4 Å². The van der Waals surface area contributed by atoms with Gasteiger partial charge in [-0.15, -0.1) is 0 Å². The first-order valence-corrected chi connectivity index (χ1v) is 13.4. The molecule has 1 heterocycles. The minimum absolute atomic E-state index is 0.203. The summed E-state index contributed by atoms with van der Waals surface area (Å²) in [5.41, 5.74) is 5.55. The van der Waals surface area contributed by atoms with E-state index in [4.69, 9.17) is 5.73 Å². The molecule has 1 fully saturated rings. The first kappa shape index (κ1) is 28.9. The van der Waals surface area contributed by atoms with Crippen molar-refractivity contribution in [3.63, 3.8) is 0 Å². The van der Waals surface area contributed by atoms with Crippen LogP contribution in [0.5, 0.6) is 0 Å². The number of piperidine rings is 1. The van der Waals surface area contributed by atoms with Gasteiger partial charge in [-0.3, -0.25) is 14.4 Å². The summed E-state index contributed by atoms with van der Waals surface area (Å²) in [6, 6.07) is -2.25. The van der Waals surface area contributed by atoms with Crippen LogP contribution in [0.4, 0.5) is 0 Å². The quantitative estimate of drug-likeness (QED) is 0.229. The van der Waals surface area contributed by atoms with E-state index >= 15 is 0 Å². The van der Waals surface area contributed by atoms with Crippen molar-refractivity contribution >= 4 is 28.7 Å². The van der Waals surface area contributed by atoms with E-state index in [1.165, 1.54) is 45.4 Å². The van der Waals surface area contributed by atoms with Gasteiger partial charge in [0, 0.05) is 0 Å². The van der Waals surface area contributed by atoms with Crippen LogP contribution in [-0.4, -0.2) is 65.6 Å². The Hall–Kier alpha value is -1.16. The standard InChI is InChI=1S/C23H44N4O4S/c1-4-5-6-7-8-9-10-17-12-14-25-19(15-17)21(29)27-20(16(2)28)22(30)26-18(11-13-24)23(31)32-3/h16-20,25,28H,4-15,24H2,1-3H3,(H,26,30)(H,27,29)/t16?,17?,18-,19?,20-/m0/s1. The molecule has 0 radical (unpaired) electrons. The van der Waals surface area contributed by atoms with Crippen molar-refractivity contribution in [3.8, 4) is 0 Å². The first-order valence-electron chi connectivity index (χ1n) is 12.1. The summed E-state index contributed by atoms with van der Waals surface area (Å²) in [5, 5.41) is 18.5. The van der Waals surface area contributed by atoms with Gasteiger partial charge in [-0.1, -0.05) is 63.6 Å². The van der Waals surface area contributed by atoms with E-state index in [-0.39, 0.29) is 23.6 Å². The topological polar surface area (TPSA) is 134 Å². The first-order chi connectivity index (χ1) is 15.3. The summed E-state index contributed by atoms with van der Waals surface area (Å²) in [7, 11) is 0. The van der Waals surface area contributed by atoms with Crippen LogP contribution >= 0.6 is 11.8 Å². The molecule has 0 aromatic carbocycles. The van der Waals surface area contributed by atoms with E-state index < -0.39 is 24.1 Å². The van der Waals surface area contributed by atoms with Crippen molar-refractivity contribution in [3.05, 3.63) is 0 Å². The van der Waals surface area contributed by atoms with E-state index in [2.05, 4.69) is 22.9 Å². The molecule has 0 spiro atoms. The zero-order valence-corrected chi connectivity index (χ0v) is 20.8. The number of nitrogens with two attached hydrogens (primary N) is 1. The molecular weight excluding hydrogens is 428 g/mol. The van der Waals surface area contributed by atoms with Gasteiger partial charge in [0.05, 0.1) is 18.2 Å². The molecular formula is C23H44N4O4S. The van der Waals surface area contributed by atoms with Gasteiger partial charge in [0.25, 0.3) is 0 Å². The van der Waals surface area contributed by atoms with Gasteiger partial charge in [0.2, 0.25) is 16.9 Å². The maximum Gasteiger partial charge on any atom is 0.245 e. The lowest BCUT2D eigenvalue weighted by molar-refractivity contribution is -0.134. The Morgan fingerprint density at radius 2 is 1.84 bits per heavy atom. The number of thioether (sulfide) groups is 1. The predicted octanol–water partition coefficient (Wildman–Crippen LogP) is 1.69. The highest BCUT2D eigenvalue weighted by atomic mass is 32.2. The summed E-state index contributed by atoms with van der Waals surface area (Å²) in [4.78, 5) is 37.6. The number of nitrogens with one attached hydrogen (secondary N) is 3. The number of hydrogen-bond acceptors (Lipinski definition) is 7. The molecule has 0 bridgehead atoms. The highest BCUT2D eigenvalue weighted by Crippen LogP contribution is 2.23. The van der Waals surface area contributed by atoms with Crippen molar-refractivity contribution in [2.24, 2.45) is 11.7 Å². The molecule has 0 aromatic rings. The number of carbonyl (C=O) groups excluding carboxylic acids is 3. The second kappa shape index (κ2) is 16.5. The molecule has 1 aliphatic rings. The normalized spacial score (nSPS) is 21.4. The van der Waals surface area contributed by atoms with Crippen molar-refractivity contribution < 1.29 is 19.5 Å². The number of hydrogen-bond donors (Lipinski definition) is 5. The highest BCUT2D eigenvalue weighted by Gasteiger charge is 2.33. The number of rotatable bonds is 15. The van der Waals surface area contributed by atoms with Crippen LogP contribution in [0.3, 0.4) is 0 Å². The van der Waals surface area contributed by atoms with Gasteiger partial charge >= 0.3 is 0 Å². The Labute approximate surface area is 197 Å². The van der Waals surface area contributed by atoms with Crippen LogP contribution in [0, 0.1) is 5.92 Å². The number of aliphatic hydroxyl groups is 1. The molecule has 0 aliphatic carbocycles. The molecule has 8 nitrogen and oxygen atoms in total. The van der Waals surface area contributed by atoms with E-state index in [1.807, 2.05) is 0 Å². The second-order valence-electron chi connectivity index (χ2n) is 8.84. The summed E-state index contributed by atoms with van der Waals surface area (Å²) in [6.07, 6.45) is 11.3. The predicted molar refractivity (Wildman–Crippen MR) is 130 cm³/mol. The SMILES string of the molecule is CCCCCCCCC1CCNC(C(=O)N[C@H](C(=O)N[C@@H](CCN)C(=O)SC)C(C)O)C1. The Morgan fingerprint density at radius 3 is 2.47 bits per heavy atom. The van der Waals surface area contributed by atoms with Gasteiger partial charge < -0.3 is 26.8 Å². The van der Waals surface area contributed by atoms with Gasteiger partial charge in [0.15, 0.2) is 0 Å². The number of carbonyl (C=O) groups is 3. The zero-order valence-electron chi connectivity index (χ0n) is 20.0. The molecule has 2 amide bonds. The second-order valence-corrected chi connectivity index (χ2v) is 9.65. The Kier molecular flexibility index (Phi) is 14.8. The minimum Gasteiger partial charge on any atom is -0.391 e. The van der Waals surface area contributed by atoms with Crippen LogP contribution in [0.25, 0.3) is 0 Å². The van der Waals surface area contributed by atoms with Crippen molar-refractivity contribution in [1.29, 1.82) is 0 Å². The average Bonchev–Trinajstić information content (AvgIpc) is 2.78. The van der Waals surface area contributed by atoms with E-state index in [9.17, 15) is 19.5 Å². The molecule has 9 heteroatoms. The molecule has 0 saturated carbocycles. The number of unbranched alkanes of at least 4 members (excludes halogenated alkanes) is 5. The molecule has 1 rings (SSSR count). The monoisotopic (exact) mass is 472 g/mol. The smallest absolute Gasteiger partial charge is 0.245 e. The lowest BCUT2D eigenvalue weighted by Gasteiger charge is -2.31. The van der Waals surface area contributed by atoms with Crippen molar-refractivity contribution in [2.75, 3.05) is 19.3 Å². The fourth-order valence-electron chi connectivity index (χ4n) is 4.15. The van der Waals surface area contributed by atoms with Crippen LogP contribution in [0.15, 0.2) is 0 Å². The molecule has 6 N–H and O–H groups in total. The molecule has 1 aliphatic heterocycles. The molecule has 5 atom stereocenters. The summed E-state index contributed by atoms with van der Waals surface area (Å²) < 4.78 is 0. The maximum absolute atomic E-state index is 12.9. The molecule has 32 heavy (non-hydrogen) atoms. The van der Waals surface area contributed by atoms with Crippen LogP contribution < -0.4 is 21.7 Å². The van der Waals surface area contributed by atoms with Crippen molar-refractivity contribution in [2.45, 2.75) is 102 Å². The minimum atomic E-state index is -1.13. The van der Waals surface area contributed by atoms with E-state index in [0.717, 1.165) is 37.6 Å². The molecule has 186 valence electrons. The third-order valence-corrected chi connectivity index (χ3v) is 6.80. The highest BCUT2D eigenvalue weighted by molar-refractivity contribution is 8.13. The Bertz CT molecular complexity index is 576. The van der Waals surface area contributed by atoms with E-state index in [0.29, 0.717) is 12.3 Å². The fraction of sp³-hybridized carbons (Fsp3) is 0.870. The third kappa shape index (κ3) is 10.6. The zero-order chi connectivity index (χ0) is 23.9. The van der Waals surface area contributed by atoms with Crippen LogP contribution in [-0.2, 0) is 14.4 Å². The van der Waals surface area contributed by atoms with Gasteiger partial charge in [0.1, 0.15) is 6.04 Å². The van der Waals surface area contributed by atoms with E-state index in [1.54, 1.807) is 6.26 Å². The fourth-order valence-corrected chi connectivity index (χ4v) is 4.61. The average molecular weight is 473 g/mol. The largest absolute Gasteiger partial charge is 0.391 e. The maximum atomic E-state index is 12.9. The number of aliphatic hydroxyl groups excluding tert-OH is 1. The van der Waals surface area contributed by atoms with Gasteiger partial charge in [-0.25, -0.2) is 0 Å². The van der Waals surface area contributed by atoms with Crippen molar-refractivity contribution in [1.82, 2.24) is 16.0 Å². The molecule has 3 unspecified atom stereocenters. The summed E-state index contributed by atoms with van der Waals surface area (Å²) in [6.45, 7) is 4.68. The Morgan fingerprint density at radius 1 is 1.16 bits per heavy atom. The lowest BCUT2D eigenvalue weighted by atomic mass is 9.87. The third-order valence-electron chi connectivity index (χ3n) is 6.11. The number of amides is 2. The summed E-state index contributed by atoms with van der Waals surface area (Å²) >= 11 is 1.01. The molecule has 0 aromatic heterocycles. The molecule has 1 saturated heterocycles. The van der Waals surface area contributed by atoms with Crippen LogP contribution in [0.1, 0.15) is 78.1 Å². The van der Waals surface area contributed by atoms with Crippen LogP contribution in [0.2, 0.25) is 0 Å². The summed E-state index contributed by atoms with van der Waals surface area (Å²) in [5.74, 6) is -0.371. The van der Waals surface area contributed by atoms with Gasteiger partial charge in [-0.2, -0.15) is 0 Å².